The molecule has 2 atom stereocenters. The zero-order valence-corrected chi connectivity index (χ0v) is 14.0. The molecule has 1 fully saturated rings. The Kier molecular flexibility index (Phi) is 3.67. The molecule has 0 aromatic heterocycles. The average Bonchev–Trinajstić information content (AvgIpc) is 2.73. The summed E-state index contributed by atoms with van der Waals surface area (Å²) in [6, 6.07) is 10.6. The molecule has 2 rings (SSSR count). The normalized spacial score (nSPS) is 29.3. The van der Waals surface area contributed by atoms with Gasteiger partial charge in [0.1, 0.15) is 0 Å². The highest BCUT2D eigenvalue weighted by Gasteiger charge is 2.75. The van der Waals surface area contributed by atoms with E-state index >= 15 is 0 Å². The van der Waals surface area contributed by atoms with Crippen molar-refractivity contribution in [1.29, 1.82) is 0 Å². The van der Waals surface area contributed by atoms with Gasteiger partial charge < -0.3 is 9.16 Å². The zero-order valence-electron chi connectivity index (χ0n) is 13.0. The summed E-state index contributed by atoms with van der Waals surface area (Å²) < 4.78 is 12.6. The van der Waals surface area contributed by atoms with Crippen LogP contribution in [0.3, 0.4) is 0 Å². The maximum atomic E-state index is 6.48. The van der Waals surface area contributed by atoms with Gasteiger partial charge in [0.05, 0.1) is 0 Å². The molecule has 2 nitrogen and oxygen atoms in total. The SMILES string of the molecule is CCOC1(O[Si](C)(C)C)C(c2ccccc2)C1(C)C. The van der Waals surface area contributed by atoms with Crippen LogP contribution in [0.4, 0.5) is 0 Å². The van der Waals surface area contributed by atoms with Crippen molar-refractivity contribution in [3.8, 4) is 0 Å². The third-order valence-corrected chi connectivity index (χ3v) is 4.78. The molecular weight excluding hydrogens is 252 g/mol. The Hall–Kier alpha value is -0.643. The summed E-state index contributed by atoms with van der Waals surface area (Å²) in [7, 11) is -1.66. The van der Waals surface area contributed by atoms with Gasteiger partial charge in [0.25, 0.3) is 0 Å². The highest BCUT2D eigenvalue weighted by molar-refractivity contribution is 6.69. The molecule has 1 aliphatic carbocycles. The van der Waals surface area contributed by atoms with Crippen LogP contribution in [-0.2, 0) is 9.16 Å². The molecule has 1 saturated carbocycles. The largest absolute Gasteiger partial charge is 0.390 e. The molecule has 106 valence electrons. The second-order valence-corrected chi connectivity index (χ2v) is 11.3. The van der Waals surface area contributed by atoms with Gasteiger partial charge in [-0.3, -0.25) is 0 Å². The summed E-state index contributed by atoms with van der Waals surface area (Å²) in [6.07, 6.45) is 0. The zero-order chi connectivity index (χ0) is 14.3. The third kappa shape index (κ3) is 2.51. The van der Waals surface area contributed by atoms with Gasteiger partial charge in [-0.1, -0.05) is 44.2 Å². The van der Waals surface area contributed by atoms with Gasteiger partial charge in [-0.15, -0.1) is 0 Å². The Balaban J connectivity index is 2.34. The van der Waals surface area contributed by atoms with Crippen LogP contribution in [0.5, 0.6) is 0 Å². The van der Waals surface area contributed by atoms with E-state index in [2.05, 4.69) is 63.8 Å². The van der Waals surface area contributed by atoms with Gasteiger partial charge in [-0.2, -0.15) is 0 Å². The van der Waals surface area contributed by atoms with Crippen LogP contribution < -0.4 is 0 Å². The number of ether oxygens (including phenoxy) is 1. The van der Waals surface area contributed by atoms with Crippen molar-refractivity contribution in [3.05, 3.63) is 35.9 Å². The van der Waals surface area contributed by atoms with E-state index < -0.39 is 14.1 Å². The van der Waals surface area contributed by atoms with E-state index in [4.69, 9.17) is 9.16 Å². The standard InChI is InChI=1S/C16H26O2Si/c1-7-17-16(18-19(4,5)6)14(15(16,2)3)13-11-9-8-10-12-13/h8-12,14H,7H2,1-6H3. The van der Waals surface area contributed by atoms with Crippen LogP contribution in [0.2, 0.25) is 19.6 Å². The second-order valence-electron chi connectivity index (χ2n) is 6.88. The molecule has 0 bridgehead atoms. The lowest BCUT2D eigenvalue weighted by molar-refractivity contribution is -0.134. The molecular formula is C16H26O2Si. The summed E-state index contributed by atoms with van der Waals surface area (Å²) in [5.74, 6) is -0.110. The monoisotopic (exact) mass is 278 g/mol. The number of hydrogen-bond donors (Lipinski definition) is 0. The minimum atomic E-state index is -1.66. The maximum Gasteiger partial charge on any atom is 0.187 e. The van der Waals surface area contributed by atoms with Crippen molar-refractivity contribution in [2.75, 3.05) is 6.61 Å². The summed E-state index contributed by atoms with van der Waals surface area (Å²) in [5, 5.41) is 0. The van der Waals surface area contributed by atoms with E-state index in [1.807, 2.05) is 6.92 Å². The molecule has 0 spiro atoms. The van der Waals surface area contributed by atoms with Crippen LogP contribution in [-0.4, -0.2) is 20.7 Å². The highest BCUT2D eigenvalue weighted by Crippen LogP contribution is 2.70. The van der Waals surface area contributed by atoms with E-state index in [1.165, 1.54) is 5.56 Å². The molecule has 0 heterocycles. The minimum Gasteiger partial charge on any atom is -0.390 e. The Morgan fingerprint density at radius 2 is 1.68 bits per heavy atom. The van der Waals surface area contributed by atoms with Crippen molar-refractivity contribution in [3.63, 3.8) is 0 Å². The number of benzene rings is 1. The van der Waals surface area contributed by atoms with Crippen LogP contribution in [0.1, 0.15) is 32.3 Å². The summed E-state index contributed by atoms with van der Waals surface area (Å²) in [6.45, 7) is 13.9. The Morgan fingerprint density at radius 3 is 2.16 bits per heavy atom. The quantitative estimate of drug-likeness (QED) is 0.587. The first-order chi connectivity index (χ1) is 8.74. The van der Waals surface area contributed by atoms with Gasteiger partial charge in [-0.05, 0) is 32.1 Å². The molecule has 0 radical (unpaired) electrons. The van der Waals surface area contributed by atoms with E-state index in [1.54, 1.807) is 0 Å². The van der Waals surface area contributed by atoms with Crippen molar-refractivity contribution in [2.24, 2.45) is 5.41 Å². The van der Waals surface area contributed by atoms with Crippen molar-refractivity contribution in [2.45, 2.75) is 52.1 Å². The Bertz CT molecular complexity index is 436. The smallest absolute Gasteiger partial charge is 0.187 e. The molecule has 1 aromatic carbocycles. The maximum absolute atomic E-state index is 6.48. The minimum absolute atomic E-state index is 0.0324. The predicted molar refractivity (Wildman–Crippen MR) is 81.8 cm³/mol. The Morgan fingerprint density at radius 1 is 1.11 bits per heavy atom. The average molecular weight is 278 g/mol. The highest BCUT2D eigenvalue weighted by atomic mass is 28.4. The lowest BCUT2D eigenvalue weighted by Crippen LogP contribution is -2.38. The molecule has 19 heavy (non-hydrogen) atoms. The van der Waals surface area contributed by atoms with Crippen molar-refractivity contribution in [1.82, 2.24) is 0 Å². The molecule has 0 saturated heterocycles. The van der Waals surface area contributed by atoms with E-state index in [-0.39, 0.29) is 5.41 Å². The van der Waals surface area contributed by atoms with E-state index in [9.17, 15) is 0 Å². The molecule has 0 aliphatic heterocycles. The third-order valence-electron chi connectivity index (χ3n) is 3.87. The second kappa shape index (κ2) is 4.72. The first-order valence-electron chi connectivity index (χ1n) is 7.13. The molecule has 1 aromatic rings. The van der Waals surface area contributed by atoms with Crippen molar-refractivity contribution >= 4 is 8.32 Å². The van der Waals surface area contributed by atoms with Gasteiger partial charge in [-0.25, -0.2) is 0 Å². The van der Waals surface area contributed by atoms with Crippen molar-refractivity contribution < 1.29 is 9.16 Å². The summed E-state index contributed by atoms with van der Waals surface area (Å²) in [4.78, 5) is 0. The topological polar surface area (TPSA) is 18.5 Å². The van der Waals surface area contributed by atoms with Crippen LogP contribution in [0.15, 0.2) is 30.3 Å². The fraction of sp³-hybridized carbons (Fsp3) is 0.625. The van der Waals surface area contributed by atoms with Gasteiger partial charge in [0, 0.05) is 17.9 Å². The van der Waals surface area contributed by atoms with Gasteiger partial charge in [0.15, 0.2) is 14.1 Å². The van der Waals surface area contributed by atoms with E-state index in [0.717, 1.165) is 0 Å². The predicted octanol–water partition coefficient (Wildman–Crippen LogP) is 4.39. The van der Waals surface area contributed by atoms with E-state index in [0.29, 0.717) is 12.5 Å². The first-order valence-corrected chi connectivity index (χ1v) is 10.5. The Labute approximate surface area is 118 Å². The number of rotatable bonds is 5. The van der Waals surface area contributed by atoms with Crippen LogP contribution in [0.25, 0.3) is 0 Å². The van der Waals surface area contributed by atoms with Crippen LogP contribution in [0, 0.1) is 5.41 Å². The fourth-order valence-corrected chi connectivity index (χ4v) is 4.47. The lowest BCUT2D eigenvalue weighted by Gasteiger charge is -2.29. The number of hydrogen-bond acceptors (Lipinski definition) is 2. The molecule has 1 aliphatic rings. The molecule has 3 heteroatoms. The summed E-state index contributed by atoms with van der Waals surface area (Å²) in [5.41, 5.74) is 1.35. The fourth-order valence-electron chi connectivity index (χ4n) is 3.12. The summed E-state index contributed by atoms with van der Waals surface area (Å²) >= 11 is 0. The van der Waals surface area contributed by atoms with Gasteiger partial charge >= 0.3 is 0 Å². The van der Waals surface area contributed by atoms with Gasteiger partial charge in [0.2, 0.25) is 0 Å². The molecule has 2 unspecified atom stereocenters. The van der Waals surface area contributed by atoms with Crippen LogP contribution >= 0.6 is 0 Å². The molecule has 0 N–H and O–H groups in total. The first kappa shape index (κ1) is 14.8. The molecule has 0 amide bonds. The lowest BCUT2D eigenvalue weighted by atomic mass is 10.0.